The molecule has 0 saturated carbocycles. The number of nitrogens with zero attached hydrogens (tertiary/aromatic N) is 4. The van der Waals surface area contributed by atoms with Gasteiger partial charge in [-0.15, -0.1) is 0 Å². The van der Waals surface area contributed by atoms with E-state index in [0.29, 0.717) is 22.9 Å². The van der Waals surface area contributed by atoms with E-state index in [1.807, 2.05) is 43.3 Å². The van der Waals surface area contributed by atoms with Gasteiger partial charge in [0.05, 0.1) is 22.6 Å². The molecule has 0 amide bonds. The van der Waals surface area contributed by atoms with E-state index in [2.05, 4.69) is 27.1 Å². The minimum atomic E-state index is -2.62. The summed E-state index contributed by atoms with van der Waals surface area (Å²) < 4.78 is 25.2. The fourth-order valence-electron chi connectivity index (χ4n) is 4.03. The predicted octanol–water partition coefficient (Wildman–Crippen LogP) is 3.57. The van der Waals surface area contributed by atoms with Crippen LogP contribution >= 0.6 is 0 Å². The molecule has 9 nitrogen and oxygen atoms in total. The normalized spacial score (nSPS) is 12.4. The maximum atomic E-state index is 13.8. The van der Waals surface area contributed by atoms with Crippen LogP contribution < -0.4 is 16.6 Å². The molecule has 188 valence electrons. The first kappa shape index (κ1) is 24.8. The van der Waals surface area contributed by atoms with Crippen molar-refractivity contribution in [2.24, 2.45) is 0 Å². The molecule has 0 radical (unpaired) electrons. The molecule has 38 heavy (non-hydrogen) atoms. The van der Waals surface area contributed by atoms with Gasteiger partial charge >= 0.3 is 0 Å². The number of fused-ring (bicyclic) bond motifs is 1. The van der Waals surface area contributed by atoms with Gasteiger partial charge in [-0.3, -0.25) is 13.6 Å². The lowest BCUT2D eigenvalue weighted by Gasteiger charge is -2.21. The summed E-state index contributed by atoms with van der Waals surface area (Å²) in [5.41, 5.74) is 7.64. The molecule has 2 atom stereocenters. The van der Waals surface area contributed by atoms with Crippen molar-refractivity contribution in [1.82, 2.24) is 19.5 Å². The highest BCUT2D eigenvalue weighted by molar-refractivity contribution is 7.79. The number of rotatable bonds is 5. The van der Waals surface area contributed by atoms with Gasteiger partial charge in [0.2, 0.25) is 0 Å². The van der Waals surface area contributed by atoms with Gasteiger partial charge in [0, 0.05) is 10.5 Å². The van der Waals surface area contributed by atoms with Crippen LogP contribution in [0.2, 0.25) is 0 Å². The first-order valence-corrected chi connectivity index (χ1v) is 12.7. The molecule has 2 unspecified atom stereocenters. The highest BCUT2D eigenvalue weighted by atomic mass is 32.2. The van der Waals surface area contributed by atoms with E-state index in [0.717, 1.165) is 5.56 Å². The summed E-state index contributed by atoms with van der Waals surface area (Å²) >= 11 is -2.62. The Bertz CT molecular complexity index is 1780. The van der Waals surface area contributed by atoms with E-state index in [1.54, 1.807) is 36.4 Å². The molecule has 0 fully saturated rings. The zero-order chi connectivity index (χ0) is 26.6. The summed E-state index contributed by atoms with van der Waals surface area (Å²) in [7, 11) is 0. The Morgan fingerprint density at radius 2 is 1.68 bits per heavy atom. The Morgan fingerprint density at radius 3 is 2.39 bits per heavy atom. The summed E-state index contributed by atoms with van der Waals surface area (Å²) in [4.78, 5) is 26.8. The Morgan fingerprint density at radius 1 is 0.974 bits per heavy atom. The molecule has 10 heteroatoms. The fourth-order valence-corrected chi connectivity index (χ4v) is 4.58. The maximum absolute atomic E-state index is 13.8. The predicted molar refractivity (Wildman–Crippen MR) is 145 cm³/mol. The average molecular weight is 522 g/mol. The standard InChI is InChI=1S/C28H22N6O3S/c1-18(32-26-21(25(29)30-17-31-26)16-15-19-9-4-2-5-10-19)27-33-22-13-8-14-23(38(36)37)24(22)28(35)34(27)20-11-6-3-7-12-20/h2-14,17-18H,1H3,(H,36,37)(H3,29,30,31,32)/p-1. The third kappa shape index (κ3) is 4.88. The summed E-state index contributed by atoms with van der Waals surface area (Å²) in [5, 5.41) is 3.28. The van der Waals surface area contributed by atoms with Gasteiger partial charge in [-0.1, -0.05) is 54.3 Å². The summed E-state index contributed by atoms with van der Waals surface area (Å²) in [6, 6.07) is 22.3. The molecular formula is C28H21N6O3S-. The van der Waals surface area contributed by atoms with Crippen LogP contribution in [0.5, 0.6) is 0 Å². The molecule has 3 N–H and O–H groups in total. The van der Waals surface area contributed by atoms with Gasteiger partial charge in [-0.05, 0) is 54.4 Å². The van der Waals surface area contributed by atoms with Crippen molar-refractivity contribution in [3.63, 3.8) is 0 Å². The number of aromatic nitrogens is 4. The molecule has 0 spiro atoms. The first-order chi connectivity index (χ1) is 18.4. The Hall–Kier alpha value is -4.85. The highest BCUT2D eigenvalue weighted by Gasteiger charge is 2.21. The Labute approximate surface area is 220 Å². The fraction of sp³-hybridized carbons (Fsp3) is 0.0714. The number of para-hydroxylation sites is 1. The lowest BCUT2D eigenvalue weighted by atomic mass is 10.1. The van der Waals surface area contributed by atoms with Gasteiger partial charge < -0.3 is 15.6 Å². The molecule has 5 aromatic rings. The first-order valence-electron chi connectivity index (χ1n) is 11.6. The van der Waals surface area contributed by atoms with Crippen molar-refractivity contribution in [2.75, 3.05) is 11.1 Å². The van der Waals surface area contributed by atoms with Gasteiger partial charge in [-0.25, -0.2) is 15.0 Å². The zero-order valence-electron chi connectivity index (χ0n) is 20.2. The number of benzene rings is 3. The van der Waals surface area contributed by atoms with Crippen LogP contribution in [0.25, 0.3) is 16.6 Å². The van der Waals surface area contributed by atoms with Crippen LogP contribution in [0.1, 0.15) is 29.9 Å². The van der Waals surface area contributed by atoms with E-state index in [1.165, 1.54) is 17.0 Å². The smallest absolute Gasteiger partial charge is 0.267 e. The molecule has 0 bridgehead atoms. The van der Waals surface area contributed by atoms with Crippen molar-refractivity contribution >= 4 is 33.6 Å². The summed E-state index contributed by atoms with van der Waals surface area (Å²) in [6.07, 6.45) is 1.33. The number of anilines is 2. The van der Waals surface area contributed by atoms with Crippen molar-refractivity contribution in [3.05, 3.63) is 112 Å². The minimum absolute atomic E-state index is 0.0151. The minimum Gasteiger partial charge on any atom is -0.768 e. The SMILES string of the molecule is CC(Nc1ncnc(N)c1C#Cc1ccccc1)c1nc2cccc(S(=O)[O-])c2c(=O)n1-c1ccccc1. The van der Waals surface area contributed by atoms with Crippen LogP contribution in [0, 0.1) is 11.8 Å². The molecule has 5 rings (SSSR count). The third-order valence-corrected chi connectivity index (χ3v) is 6.50. The molecule has 0 aliphatic carbocycles. The van der Waals surface area contributed by atoms with Crippen LogP contribution in [-0.2, 0) is 11.1 Å². The average Bonchev–Trinajstić information content (AvgIpc) is 2.93. The Kier molecular flexibility index (Phi) is 6.95. The van der Waals surface area contributed by atoms with Gasteiger partial charge in [-0.2, -0.15) is 0 Å². The number of nitrogens with one attached hydrogen (secondary N) is 1. The number of nitrogens with two attached hydrogens (primary N) is 1. The molecule has 2 heterocycles. The Balaban J connectivity index is 1.65. The molecule has 0 saturated heterocycles. The van der Waals surface area contributed by atoms with Crippen LogP contribution in [0.4, 0.5) is 11.6 Å². The lowest BCUT2D eigenvalue weighted by Crippen LogP contribution is -2.28. The molecular weight excluding hydrogens is 500 g/mol. The van der Waals surface area contributed by atoms with Crippen LogP contribution in [0.3, 0.4) is 0 Å². The van der Waals surface area contributed by atoms with Gasteiger partial charge in [0.15, 0.2) is 0 Å². The summed E-state index contributed by atoms with van der Waals surface area (Å²) in [6.45, 7) is 1.81. The molecule has 2 aromatic heterocycles. The van der Waals surface area contributed by atoms with E-state index in [4.69, 9.17) is 10.7 Å². The van der Waals surface area contributed by atoms with Gasteiger partial charge in [0.1, 0.15) is 29.4 Å². The van der Waals surface area contributed by atoms with E-state index < -0.39 is 22.7 Å². The van der Waals surface area contributed by atoms with Crippen molar-refractivity contribution in [3.8, 4) is 17.5 Å². The van der Waals surface area contributed by atoms with Crippen molar-refractivity contribution in [2.45, 2.75) is 17.9 Å². The second kappa shape index (κ2) is 10.6. The number of hydrogen-bond donors (Lipinski definition) is 2. The van der Waals surface area contributed by atoms with E-state index >= 15 is 0 Å². The topological polar surface area (TPSA) is 139 Å². The lowest BCUT2D eigenvalue weighted by molar-refractivity contribution is 0.538. The number of hydrogen-bond acceptors (Lipinski definition) is 8. The second-order valence-electron chi connectivity index (χ2n) is 8.30. The quantitative estimate of drug-likeness (QED) is 0.264. The third-order valence-electron chi connectivity index (χ3n) is 5.80. The maximum Gasteiger partial charge on any atom is 0.267 e. The summed E-state index contributed by atoms with van der Waals surface area (Å²) in [5.74, 6) is 7.03. The van der Waals surface area contributed by atoms with Gasteiger partial charge in [0.25, 0.3) is 5.56 Å². The van der Waals surface area contributed by atoms with E-state index in [-0.39, 0.29) is 21.6 Å². The van der Waals surface area contributed by atoms with Crippen LogP contribution in [-0.4, -0.2) is 28.3 Å². The van der Waals surface area contributed by atoms with Crippen LogP contribution in [0.15, 0.2) is 94.9 Å². The zero-order valence-corrected chi connectivity index (χ0v) is 21.0. The largest absolute Gasteiger partial charge is 0.768 e. The number of nitrogen functional groups attached to an aromatic ring is 1. The van der Waals surface area contributed by atoms with Crippen molar-refractivity contribution < 1.29 is 8.76 Å². The van der Waals surface area contributed by atoms with Crippen molar-refractivity contribution in [1.29, 1.82) is 0 Å². The van der Waals surface area contributed by atoms with E-state index in [9.17, 15) is 13.6 Å². The monoisotopic (exact) mass is 521 g/mol. The second-order valence-corrected chi connectivity index (χ2v) is 9.20. The molecule has 3 aromatic carbocycles. The molecule has 0 aliphatic heterocycles. The highest BCUT2D eigenvalue weighted by Crippen LogP contribution is 2.25. The molecule has 0 aliphatic rings.